The van der Waals surface area contributed by atoms with Gasteiger partial charge in [0.25, 0.3) is 5.95 Å². The van der Waals surface area contributed by atoms with Gasteiger partial charge in [-0.1, -0.05) is 49.8 Å². The van der Waals surface area contributed by atoms with Gasteiger partial charge in [0, 0.05) is 11.5 Å². The minimum Gasteiger partial charge on any atom is -0.468 e. The molecule has 40 heavy (non-hydrogen) atoms. The van der Waals surface area contributed by atoms with Crippen molar-refractivity contribution in [2.24, 2.45) is 11.8 Å². The highest BCUT2D eigenvalue weighted by molar-refractivity contribution is 5.49. The van der Waals surface area contributed by atoms with E-state index in [2.05, 4.69) is 19.1 Å². The molecule has 0 aliphatic carbocycles. The molecule has 0 saturated carbocycles. The van der Waals surface area contributed by atoms with Gasteiger partial charge in [-0.25, -0.2) is 0 Å². The highest BCUT2D eigenvalue weighted by Gasteiger charge is 2.45. The average Bonchev–Trinajstić information content (AvgIpc) is 2.93. The summed E-state index contributed by atoms with van der Waals surface area (Å²) in [6.07, 6.45) is 5.50. The van der Waals surface area contributed by atoms with E-state index in [0.29, 0.717) is 16.9 Å². The lowest BCUT2D eigenvalue weighted by molar-refractivity contribution is -0.310. The molecule has 0 aromatic carbocycles. The summed E-state index contributed by atoms with van der Waals surface area (Å²) in [5, 5.41) is 40.1. The summed E-state index contributed by atoms with van der Waals surface area (Å²) in [6.45, 7) is 12.7. The molecule has 1 aromatic rings. The fourth-order valence-electron chi connectivity index (χ4n) is 4.58. The minimum absolute atomic E-state index is 0.0906. The Bertz CT molecular complexity index is 1140. The Morgan fingerprint density at radius 1 is 1.07 bits per heavy atom. The number of aliphatic hydroxyl groups is 4. The first-order chi connectivity index (χ1) is 18.9. The number of hydrogen-bond acceptors (Lipinski definition) is 9. The normalized spacial score (nSPS) is 26.9. The topological polar surface area (TPSA) is 139 Å². The van der Waals surface area contributed by atoms with Crippen molar-refractivity contribution < 1.29 is 39.1 Å². The summed E-state index contributed by atoms with van der Waals surface area (Å²) in [5.74, 6) is 0.775. The molecule has 0 spiro atoms. The van der Waals surface area contributed by atoms with Crippen LogP contribution in [0.3, 0.4) is 0 Å². The third-order valence-corrected chi connectivity index (χ3v) is 7.25. The van der Waals surface area contributed by atoms with Crippen molar-refractivity contribution in [1.82, 2.24) is 0 Å². The average molecular weight is 563 g/mol. The van der Waals surface area contributed by atoms with Crippen LogP contribution in [0.2, 0.25) is 0 Å². The number of hydrogen-bond donors (Lipinski definition) is 4. The second-order valence-corrected chi connectivity index (χ2v) is 10.6. The Morgan fingerprint density at radius 2 is 1.75 bits per heavy atom. The predicted octanol–water partition coefficient (Wildman–Crippen LogP) is 3.59. The summed E-state index contributed by atoms with van der Waals surface area (Å²) in [4.78, 5) is 12.4. The first kappa shape index (κ1) is 33.7. The van der Waals surface area contributed by atoms with Crippen molar-refractivity contribution in [3.8, 4) is 5.95 Å². The van der Waals surface area contributed by atoms with Crippen molar-refractivity contribution in [2.45, 2.75) is 91.7 Å². The molecule has 224 valence electrons. The lowest BCUT2D eigenvalue weighted by Crippen LogP contribution is -2.60. The molecule has 8 atom stereocenters. The maximum Gasteiger partial charge on any atom is 0.291 e. The van der Waals surface area contributed by atoms with Crippen molar-refractivity contribution in [2.75, 3.05) is 13.7 Å². The molecule has 1 aliphatic rings. The summed E-state index contributed by atoms with van der Waals surface area (Å²) in [5.41, 5.74) is 2.83. The zero-order chi connectivity index (χ0) is 30.1. The maximum atomic E-state index is 12.4. The lowest BCUT2D eigenvalue weighted by Gasteiger charge is -2.41. The highest BCUT2D eigenvalue weighted by Crippen LogP contribution is 2.28. The van der Waals surface area contributed by atoms with Gasteiger partial charge in [-0.15, -0.1) is 0 Å². The molecular weight excluding hydrogens is 516 g/mol. The molecular formula is C31H46O9. The number of ether oxygens (including phenoxy) is 3. The van der Waals surface area contributed by atoms with E-state index < -0.39 is 43.4 Å². The van der Waals surface area contributed by atoms with E-state index in [1.807, 2.05) is 52.0 Å². The van der Waals surface area contributed by atoms with Gasteiger partial charge < -0.3 is 39.1 Å². The van der Waals surface area contributed by atoms with E-state index in [4.69, 9.17) is 18.6 Å². The van der Waals surface area contributed by atoms with Crippen LogP contribution in [-0.4, -0.2) is 71.0 Å². The van der Waals surface area contributed by atoms with Crippen LogP contribution in [0.25, 0.3) is 6.08 Å². The number of rotatable bonds is 12. The zero-order valence-electron chi connectivity index (χ0n) is 24.8. The molecule has 9 heteroatoms. The van der Waals surface area contributed by atoms with Gasteiger partial charge in [0.1, 0.15) is 30.2 Å². The minimum atomic E-state index is -1.50. The molecule has 1 fully saturated rings. The molecule has 0 bridgehead atoms. The summed E-state index contributed by atoms with van der Waals surface area (Å²) in [6, 6.07) is 0. The van der Waals surface area contributed by atoms with Crippen molar-refractivity contribution >= 4 is 6.08 Å². The van der Waals surface area contributed by atoms with Crippen LogP contribution in [0.4, 0.5) is 0 Å². The van der Waals surface area contributed by atoms with Crippen LogP contribution in [0.15, 0.2) is 50.7 Å². The van der Waals surface area contributed by atoms with E-state index in [-0.39, 0.29) is 23.2 Å². The maximum absolute atomic E-state index is 12.4. The third-order valence-electron chi connectivity index (χ3n) is 7.25. The Balaban J connectivity index is 2.07. The van der Waals surface area contributed by atoms with Gasteiger partial charge in [-0.2, -0.15) is 0 Å². The van der Waals surface area contributed by atoms with Crippen LogP contribution < -0.4 is 10.2 Å². The lowest BCUT2D eigenvalue weighted by atomic mass is 9.94. The van der Waals surface area contributed by atoms with Crippen molar-refractivity contribution in [3.05, 3.63) is 68.6 Å². The second-order valence-electron chi connectivity index (χ2n) is 10.6. The number of aliphatic hydroxyl groups excluding tert-OH is 4. The molecule has 1 saturated heterocycles. The van der Waals surface area contributed by atoms with Gasteiger partial charge in [0.05, 0.1) is 25.4 Å². The smallest absolute Gasteiger partial charge is 0.291 e. The first-order valence-electron chi connectivity index (χ1n) is 13.7. The van der Waals surface area contributed by atoms with Crippen LogP contribution in [-0.2, 0) is 9.47 Å². The van der Waals surface area contributed by atoms with Gasteiger partial charge in [-0.3, -0.25) is 4.79 Å². The summed E-state index contributed by atoms with van der Waals surface area (Å²) in [7, 11) is 1.47. The molecule has 2 rings (SSSR count). The van der Waals surface area contributed by atoms with Crippen molar-refractivity contribution in [3.63, 3.8) is 0 Å². The monoisotopic (exact) mass is 562 g/mol. The number of methoxy groups -OCH3 is 1. The summed E-state index contributed by atoms with van der Waals surface area (Å²) >= 11 is 0. The second kappa shape index (κ2) is 15.5. The summed E-state index contributed by atoms with van der Waals surface area (Å²) < 4.78 is 22.5. The molecule has 1 aliphatic heterocycles. The zero-order valence-corrected chi connectivity index (χ0v) is 24.8. The molecule has 1 aromatic heterocycles. The van der Waals surface area contributed by atoms with Crippen LogP contribution in [0, 0.1) is 25.7 Å². The third kappa shape index (κ3) is 8.49. The molecule has 0 radical (unpaired) electrons. The highest BCUT2D eigenvalue weighted by atomic mass is 16.7. The first-order valence-corrected chi connectivity index (χ1v) is 13.7. The largest absolute Gasteiger partial charge is 0.468 e. The molecule has 3 unspecified atom stereocenters. The van der Waals surface area contributed by atoms with Gasteiger partial charge in [0.2, 0.25) is 0 Å². The standard InChI is InChI=1S/C31H46O9/c1-9-19(4)29(40-31-28(36)27(35)26(34)24(16-32)39-31)20(5)15-18(3)12-10-11-17(2)13-14-23-21(6)25(33)22(7)30(37-8)38-23/h9-10,12-15,17,20,24,26-29,31-32,34-36H,11,16H2,1-8H3/b12-10+,14-13+,18-15+,19-9+/t17?,20?,24-,26-,27+,28-,29?,31+/m1/s1. The molecule has 4 N–H and O–H groups in total. The Hall–Kier alpha value is -2.53. The van der Waals surface area contributed by atoms with E-state index in [1.165, 1.54) is 7.11 Å². The van der Waals surface area contributed by atoms with E-state index in [1.54, 1.807) is 13.8 Å². The Kier molecular flexibility index (Phi) is 13.0. The Morgan fingerprint density at radius 3 is 2.35 bits per heavy atom. The number of allylic oxidation sites excluding steroid dienone is 5. The van der Waals surface area contributed by atoms with Crippen LogP contribution in [0.1, 0.15) is 57.9 Å². The van der Waals surface area contributed by atoms with Crippen LogP contribution >= 0.6 is 0 Å². The van der Waals surface area contributed by atoms with Gasteiger partial charge >= 0.3 is 0 Å². The van der Waals surface area contributed by atoms with E-state index >= 15 is 0 Å². The molecule has 9 nitrogen and oxygen atoms in total. The predicted molar refractivity (Wildman–Crippen MR) is 154 cm³/mol. The molecule has 0 amide bonds. The molecule has 2 heterocycles. The quantitative estimate of drug-likeness (QED) is 0.222. The SMILES string of the molecule is C/C=C(\C)C(O[C@@H]1O[C@H](CO)[C@@H](O)[C@H](O)[C@H]1O)C(C)/C=C(C)/C=C/CC(C)/C=C/c1oc(OC)c(C)c(=O)c1C. The van der Waals surface area contributed by atoms with E-state index in [9.17, 15) is 25.2 Å². The fourth-order valence-corrected chi connectivity index (χ4v) is 4.58. The van der Waals surface area contributed by atoms with E-state index in [0.717, 1.165) is 17.6 Å². The van der Waals surface area contributed by atoms with Gasteiger partial charge in [0.15, 0.2) is 11.7 Å². The van der Waals surface area contributed by atoms with Crippen LogP contribution in [0.5, 0.6) is 5.95 Å². The van der Waals surface area contributed by atoms with Gasteiger partial charge in [-0.05, 0) is 58.6 Å². The fraction of sp³-hybridized carbons (Fsp3) is 0.581. The Labute approximate surface area is 237 Å². The van der Waals surface area contributed by atoms with Crippen molar-refractivity contribution in [1.29, 1.82) is 0 Å².